The molecule has 0 aromatic heterocycles. The second-order valence-corrected chi connectivity index (χ2v) is 17.2. The Bertz CT molecular complexity index is 4190. The van der Waals surface area contributed by atoms with Gasteiger partial charge in [0.2, 0.25) is 0 Å². The molecule has 0 aliphatic carbocycles. The molecule has 0 atom stereocenters. The Morgan fingerprint density at radius 1 is 0.206 bits per heavy atom. The van der Waals surface area contributed by atoms with Crippen LogP contribution in [0.1, 0.15) is 0 Å². The van der Waals surface area contributed by atoms with Crippen LogP contribution in [0.25, 0.3) is 119 Å². The zero-order chi connectivity index (χ0) is 41.2. The highest BCUT2D eigenvalue weighted by molar-refractivity contribution is 6.37. The maximum atomic E-state index is 2.47. The topological polar surface area (TPSA) is 3.24 Å². The summed E-state index contributed by atoms with van der Waals surface area (Å²) >= 11 is 0. The third-order valence-electron chi connectivity index (χ3n) is 13.9. The SMILES string of the molecule is c1ccc2c(c1)ccc1cc(N(c3ccc(-c4cc5ccccc5c5ccccc45)cc3)c3cc4ccc5cccc6c7cccc8ccc9cccc(c(c3)c4c56)c9c87)ccc12. The summed E-state index contributed by atoms with van der Waals surface area (Å²) in [7, 11) is 0. The predicted molar refractivity (Wildman–Crippen MR) is 273 cm³/mol. The molecular weight excluding hydrogens is 759 g/mol. The Balaban J connectivity index is 1.06. The average Bonchev–Trinajstić information content (AvgIpc) is 3.35. The Hall–Kier alpha value is -8.26. The summed E-state index contributed by atoms with van der Waals surface area (Å²) in [5.74, 6) is 0. The van der Waals surface area contributed by atoms with Gasteiger partial charge in [-0.05, 0) is 161 Å². The molecule has 0 aliphatic heterocycles. The van der Waals surface area contributed by atoms with Crippen molar-refractivity contribution in [3.8, 4) is 11.1 Å². The largest absolute Gasteiger partial charge is 0.310 e. The van der Waals surface area contributed by atoms with Gasteiger partial charge in [-0.25, -0.2) is 0 Å². The highest BCUT2D eigenvalue weighted by Gasteiger charge is 2.20. The Labute approximate surface area is 363 Å². The number of fused-ring (bicyclic) bond motifs is 8. The zero-order valence-electron chi connectivity index (χ0n) is 34.3. The van der Waals surface area contributed by atoms with E-state index in [1.807, 2.05) is 0 Å². The standard InChI is InChI=1S/C62H37N/c1-3-15-49-38(10-1)22-26-44-34-47(32-33-51(44)49)63(46-30-28-39(29-31-46)57-36-43-11-2-4-16-50(43)52-17-5-6-18-53(52)57)48-35-45-27-25-42-13-8-20-55-54-19-7-12-40-23-24-41-14-9-21-56(61(41)59(40)54)58(37-48)62(45)60(42)55/h1-37H. The van der Waals surface area contributed by atoms with Crippen LogP contribution in [0.4, 0.5) is 17.1 Å². The van der Waals surface area contributed by atoms with Crippen molar-refractivity contribution in [2.45, 2.75) is 0 Å². The van der Waals surface area contributed by atoms with Crippen molar-refractivity contribution < 1.29 is 0 Å². The first kappa shape index (κ1) is 34.5. The fourth-order valence-electron chi connectivity index (χ4n) is 11.1. The maximum Gasteiger partial charge on any atom is 0.0474 e. The van der Waals surface area contributed by atoms with Gasteiger partial charge in [-0.2, -0.15) is 0 Å². The van der Waals surface area contributed by atoms with Crippen LogP contribution in [-0.4, -0.2) is 0 Å². The molecular formula is C62H37N. The van der Waals surface area contributed by atoms with E-state index in [0.29, 0.717) is 0 Å². The minimum absolute atomic E-state index is 1.11. The monoisotopic (exact) mass is 795 g/mol. The van der Waals surface area contributed by atoms with E-state index in [-0.39, 0.29) is 0 Å². The lowest BCUT2D eigenvalue weighted by Crippen LogP contribution is -2.10. The molecule has 0 aliphatic rings. The summed E-state index contributed by atoms with van der Waals surface area (Å²) in [6.45, 7) is 0. The smallest absolute Gasteiger partial charge is 0.0474 e. The van der Waals surface area contributed by atoms with Crippen molar-refractivity contribution >= 4 is 125 Å². The van der Waals surface area contributed by atoms with Gasteiger partial charge in [0.1, 0.15) is 0 Å². The van der Waals surface area contributed by atoms with Crippen molar-refractivity contribution in [3.05, 3.63) is 224 Å². The number of hydrogen-bond acceptors (Lipinski definition) is 1. The molecule has 0 saturated heterocycles. The van der Waals surface area contributed by atoms with Gasteiger partial charge >= 0.3 is 0 Å². The van der Waals surface area contributed by atoms with Crippen LogP contribution in [0, 0.1) is 0 Å². The summed E-state index contributed by atoms with van der Waals surface area (Å²) < 4.78 is 0. The molecule has 0 spiro atoms. The fraction of sp³-hybridized carbons (Fsp3) is 0. The van der Waals surface area contributed by atoms with Crippen LogP contribution in [-0.2, 0) is 0 Å². The van der Waals surface area contributed by atoms with Crippen molar-refractivity contribution in [2.75, 3.05) is 4.90 Å². The van der Waals surface area contributed by atoms with E-state index < -0.39 is 0 Å². The van der Waals surface area contributed by atoms with Gasteiger partial charge in [-0.15, -0.1) is 0 Å². The fourth-order valence-corrected chi connectivity index (χ4v) is 11.1. The quantitative estimate of drug-likeness (QED) is 0.160. The van der Waals surface area contributed by atoms with Gasteiger partial charge < -0.3 is 4.90 Å². The van der Waals surface area contributed by atoms with Crippen LogP contribution in [0.2, 0.25) is 0 Å². The molecule has 0 amide bonds. The van der Waals surface area contributed by atoms with Crippen molar-refractivity contribution in [1.82, 2.24) is 0 Å². The van der Waals surface area contributed by atoms with Crippen LogP contribution in [0.5, 0.6) is 0 Å². The van der Waals surface area contributed by atoms with Gasteiger partial charge in [0.25, 0.3) is 0 Å². The predicted octanol–water partition coefficient (Wildman–Crippen LogP) is 17.8. The molecule has 14 aromatic carbocycles. The summed E-state index contributed by atoms with van der Waals surface area (Å²) in [4.78, 5) is 2.47. The number of rotatable bonds is 4. The van der Waals surface area contributed by atoms with Gasteiger partial charge in [0.15, 0.2) is 0 Å². The number of nitrogens with zero attached hydrogens (tertiary/aromatic N) is 1. The Morgan fingerprint density at radius 3 is 1.32 bits per heavy atom. The second-order valence-electron chi connectivity index (χ2n) is 17.2. The Kier molecular flexibility index (Phi) is 7.17. The van der Waals surface area contributed by atoms with E-state index in [2.05, 4.69) is 229 Å². The van der Waals surface area contributed by atoms with Crippen molar-refractivity contribution in [2.24, 2.45) is 0 Å². The maximum absolute atomic E-state index is 2.47. The van der Waals surface area contributed by atoms with Crippen LogP contribution in [0.15, 0.2) is 224 Å². The van der Waals surface area contributed by atoms with Gasteiger partial charge in [0, 0.05) is 17.1 Å². The first-order valence-corrected chi connectivity index (χ1v) is 21.9. The van der Waals surface area contributed by atoms with Crippen molar-refractivity contribution in [1.29, 1.82) is 0 Å². The molecule has 63 heavy (non-hydrogen) atoms. The highest BCUT2D eigenvalue weighted by atomic mass is 15.1. The van der Waals surface area contributed by atoms with Gasteiger partial charge in [-0.3, -0.25) is 0 Å². The molecule has 14 rings (SSSR count). The van der Waals surface area contributed by atoms with E-state index in [1.54, 1.807) is 0 Å². The lowest BCUT2D eigenvalue weighted by atomic mass is 9.87. The normalized spacial score (nSPS) is 12.1. The van der Waals surface area contributed by atoms with Crippen LogP contribution in [0.3, 0.4) is 0 Å². The summed E-state index contributed by atoms with van der Waals surface area (Å²) in [5.41, 5.74) is 5.79. The van der Waals surface area contributed by atoms with Crippen molar-refractivity contribution in [3.63, 3.8) is 0 Å². The van der Waals surface area contributed by atoms with E-state index in [9.17, 15) is 0 Å². The zero-order valence-corrected chi connectivity index (χ0v) is 34.3. The van der Waals surface area contributed by atoms with E-state index >= 15 is 0 Å². The third-order valence-corrected chi connectivity index (χ3v) is 13.9. The minimum Gasteiger partial charge on any atom is -0.310 e. The van der Waals surface area contributed by atoms with Gasteiger partial charge in [0.05, 0.1) is 0 Å². The lowest BCUT2D eigenvalue weighted by molar-refractivity contribution is 1.30. The number of hydrogen-bond donors (Lipinski definition) is 0. The molecule has 14 aromatic rings. The molecule has 0 fully saturated rings. The van der Waals surface area contributed by atoms with E-state index in [0.717, 1.165) is 17.1 Å². The van der Waals surface area contributed by atoms with E-state index in [4.69, 9.17) is 0 Å². The summed E-state index contributed by atoms with van der Waals surface area (Å²) in [6, 6.07) is 84.0. The number of anilines is 3. The molecule has 1 heteroatoms. The summed E-state index contributed by atoms with van der Waals surface area (Å²) in [6.07, 6.45) is 0. The highest BCUT2D eigenvalue weighted by Crippen LogP contribution is 2.47. The van der Waals surface area contributed by atoms with Crippen LogP contribution < -0.4 is 4.90 Å². The minimum atomic E-state index is 1.11. The average molecular weight is 796 g/mol. The third kappa shape index (κ3) is 5.05. The first-order valence-electron chi connectivity index (χ1n) is 21.9. The molecule has 1 nitrogen and oxygen atoms in total. The molecule has 0 N–H and O–H groups in total. The van der Waals surface area contributed by atoms with Crippen LogP contribution >= 0.6 is 0 Å². The molecule has 0 saturated carbocycles. The molecule has 0 heterocycles. The molecule has 290 valence electrons. The molecule has 0 bridgehead atoms. The Morgan fingerprint density at radius 2 is 0.635 bits per heavy atom. The number of benzene rings is 13. The molecule has 0 radical (unpaired) electrons. The molecule has 0 unspecified atom stereocenters. The van der Waals surface area contributed by atoms with Gasteiger partial charge in [-0.1, -0.05) is 182 Å². The van der Waals surface area contributed by atoms with E-state index in [1.165, 1.54) is 119 Å². The lowest BCUT2D eigenvalue weighted by Gasteiger charge is -2.27. The second kappa shape index (κ2) is 13.1. The first-order chi connectivity index (χ1) is 31.2. The summed E-state index contributed by atoms with van der Waals surface area (Å²) in [5, 5.41) is 25.4.